The van der Waals surface area contributed by atoms with Crippen molar-refractivity contribution in [2.45, 2.75) is 19.4 Å². The lowest BCUT2D eigenvalue weighted by atomic mass is 9.98. The highest BCUT2D eigenvalue weighted by molar-refractivity contribution is 5.98. The van der Waals surface area contributed by atoms with E-state index in [0.717, 1.165) is 11.3 Å². The molecule has 5 heteroatoms. The Morgan fingerprint density at radius 3 is 2.90 bits per heavy atom. The Labute approximate surface area is 124 Å². The van der Waals surface area contributed by atoms with Gasteiger partial charge in [0.1, 0.15) is 11.3 Å². The Kier molecular flexibility index (Phi) is 4.31. The summed E-state index contributed by atoms with van der Waals surface area (Å²) in [7, 11) is 1.60. The maximum atomic E-state index is 12.3. The van der Waals surface area contributed by atoms with Crippen LogP contribution in [-0.2, 0) is 9.59 Å². The fourth-order valence-corrected chi connectivity index (χ4v) is 2.29. The van der Waals surface area contributed by atoms with E-state index in [-0.39, 0.29) is 11.8 Å². The van der Waals surface area contributed by atoms with Gasteiger partial charge < -0.3 is 15.0 Å². The molecule has 1 N–H and O–H groups in total. The van der Waals surface area contributed by atoms with Crippen molar-refractivity contribution in [1.29, 1.82) is 0 Å². The van der Waals surface area contributed by atoms with Crippen LogP contribution >= 0.6 is 0 Å². The van der Waals surface area contributed by atoms with Gasteiger partial charge in [-0.15, -0.1) is 0 Å². The number of hydrogen-bond acceptors (Lipinski definition) is 3. The highest BCUT2D eigenvalue weighted by Crippen LogP contribution is 2.19. The van der Waals surface area contributed by atoms with Crippen molar-refractivity contribution in [1.82, 2.24) is 10.2 Å². The largest absolute Gasteiger partial charge is 0.497 e. The average Bonchev–Trinajstić information content (AvgIpc) is 2.48. The van der Waals surface area contributed by atoms with Crippen LogP contribution in [0, 0.1) is 0 Å². The van der Waals surface area contributed by atoms with Crippen LogP contribution in [0.5, 0.6) is 5.75 Å². The lowest BCUT2D eigenvalue weighted by molar-refractivity contribution is -0.146. The molecule has 5 nitrogen and oxygen atoms in total. The number of hydrogen-bond donors (Lipinski definition) is 1. The van der Waals surface area contributed by atoms with Crippen LogP contribution in [0.2, 0.25) is 0 Å². The number of nitrogens with zero attached hydrogens (tertiary/aromatic N) is 1. The normalized spacial score (nSPS) is 17.7. The van der Waals surface area contributed by atoms with Crippen molar-refractivity contribution < 1.29 is 14.3 Å². The van der Waals surface area contributed by atoms with Gasteiger partial charge in [0.25, 0.3) is 0 Å². The molecule has 0 aliphatic carbocycles. The smallest absolute Gasteiger partial charge is 0.247 e. The minimum Gasteiger partial charge on any atom is -0.497 e. The second-order valence-corrected chi connectivity index (χ2v) is 5.41. The van der Waals surface area contributed by atoms with E-state index in [1.54, 1.807) is 31.9 Å². The maximum Gasteiger partial charge on any atom is 0.247 e. The highest BCUT2D eigenvalue weighted by Gasteiger charge is 2.39. The minimum absolute atomic E-state index is 0.128. The number of benzene rings is 1. The van der Waals surface area contributed by atoms with Gasteiger partial charge in [-0.1, -0.05) is 12.1 Å². The summed E-state index contributed by atoms with van der Waals surface area (Å²) >= 11 is 0. The molecule has 1 saturated heterocycles. The van der Waals surface area contributed by atoms with E-state index in [9.17, 15) is 9.59 Å². The summed E-state index contributed by atoms with van der Waals surface area (Å²) in [6.07, 6.45) is 3.22. The summed E-state index contributed by atoms with van der Waals surface area (Å²) in [6, 6.07) is 7.44. The van der Waals surface area contributed by atoms with Gasteiger partial charge >= 0.3 is 0 Å². The molecule has 0 saturated carbocycles. The molecule has 2 rings (SSSR count). The molecule has 0 radical (unpaired) electrons. The van der Waals surface area contributed by atoms with Crippen LogP contribution in [0.25, 0.3) is 6.08 Å². The number of methoxy groups -OCH3 is 1. The Balaban J connectivity index is 2.13. The third-order valence-electron chi connectivity index (χ3n) is 3.63. The molecule has 1 fully saturated rings. The van der Waals surface area contributed by atoms with Crippen LogP contribution in [0.15, 0.2) is 30.3 Å². The SMILES string of the molecule is COc1cccc(C=CC(=O)N2CCNC(=O)C2(C)C)c1. The molecular weight excluding hydrogens is 268 g/mol. The first-order valence-electron chi connectivity index (χ1n) is 6.87. The third-order valence-corrected chi connectivity index (χ3v) is 3.63. The van der Waals surface area contributed by atoms with Gasteiger partial charge in [0.2, 0.25) is 11.8 Å². The summed E-state index contributed by atoms with van der Waals surface area (Å²) in [4.78, 5) is 25.7. The van der Waals surface area contributed by atoms with Crippen molar-refractivity contribution in [3.05, 3.63) is 35.9 Å². The fourth-order valence-electron chi connectivity index (χ4n) is 2.29. The van der Waals surface area contributed by atoms with Gasteiger partial charge in [-0.25, -0.2) is 0 Å². The molecule has 0 atom stereocenters. The van der Waals surface area contributed by atoms with Crippen molar-refractivity contribution in [2.75, 3.05) is 20.2 Å². The van der Waals surface area contributed by atoms with Gasteiger partial charge in [0.05, 0.1) is 7.11 Å². The Morgan fingerprint density at radius 1 is 1.43 bits per heavy atom. The molecule has 112 valence electrons. The molecule has 1 aromatic rings. The van der Waals surface area contributed by atoms with E-state index >= 15 is 0 Å². The summed E-state index contributed by atoms with van der Waals surface area (Å²) in [5.74, 6) is 0.442. The zero-order valence-electron chi connectivity index (χ0n) is 12.6. The number of nitrogens with one attached hydrogen (secondary N) is 1. The van der Waals surface area contributed by atoms with Crippen molar-refractivity contribution >= 4 is 17.9 Å². The lowest BCUT2D eigenvalue weighted by Gasteiger charge is -2.40. The lowest BCUT2D eigenvalue weighted by Crippen LogP contribution is -2.63. The van der Waals surface area contributed by atoms with Gasteiger partial charge in [-0.2, -0.15) is 0 Å². The molecule has 21 heavy (non-hydrogen) atoms. The zero-order chi connectivity index (χ0) is 15.5. The first-order valence-corrected chi connectivity index (χ1v) is 6.87. The summed E-state index contributed by atoms with van der Waals surface area (Å²) in [6.45, 7) is 4.50. The number of carbonyl (C=O) groups excluding carboxylic acids is 2. The van der Waals surface area contributed by atoms with Gasteiger partial charge in [-0.05, 0) is 37.6 Å². The first kappa shape index (κ1) is 15.1. The molecular formula is C16H20N2O3. The van der Waals surface area contributed by atoms with Gasteiger partial charge in [-0.3, -0.25) is 9.59 Å². The Morgan fingerprint density at radius 2 is 2.19 bits per heavy atom. The predicted molar refractivity (Wildman–Crippen MR) is 80.8 cm³/mol. The Bertz CT molecular complexity index is 579. The molecule has 2 amide bonds. The van der Waals surface area contributed by atoms with E-state index in [1.165, 1.54) is 6.08 Å². The van der Waals surface area contributed by atoms with Crippen LogP contribution < -0.4 is 10.1 Å². The fraction of sp³-hybridized carbons (Fsp3) is 0.375. The topological polar surface area (TPSA) is 58.6 Å². The standard InChI is InChI=1S/C16H20N2O3/c1-16(2)15(20)17-9-10-18(16)14(19)8-7-12-5-4-6-13(11-12)21-3/h4-8,11H,9-10H2,1-3H3,(H,17,20). The quantitative estimate of drug-likeness (QED) is 0.856. The molecule has 0 aromatic heterocycles. The molecule has 0 spiro atoms. The molecule has 1 aliphatic heterocycles. The van der Waals surface area contributed by atoms with Crippen molar-refractivity contribution in [3.8, 4) is 5.75 Å². The van der Waals surface area contributed by atoms with E-state index in [0.29, 0.717) is 13.1 Å². The van der Waals surface area contributed by atoms with Crippen molar-refractivity contribution in [2.24, 2.45) is 0 Å². The van der Waals surface area contributed by atoms with Crippen LogP contribution in [0.4, 0.5) is 0 Å². The monoisotopic (exact) mass is 288 g/mol. The highest BCUT2D eigenvalue weighted by atomic mass is 16.5. The number of amides is 2. The van der Waals surface area contributed by atoms with Crippen LogP contribution in [0.1, 0.15) is 19.4 Å². The third kappa shape index (κ3) is 3.24. The molecule has 0 unspecified atom stereocenters. The summed E-state index contributed by atoms with van der Waals surface area (Å²) < 4.78 is 5.14. The molecule has 1 heterocycles. The summed E-state index contributed by atoms with van der Waals surface area (Å²) in [5, 5.41) is 2.77. The molecule has 1 aliphatic rings. The van der Waals surface area contributed by atoms with E-state index < -0.39 is 5.54 Å². The zero-order valence-corrected chi connectivity index (χ0v) is 12.6. The maximum absolute atomic E-state index is 12.3. The Hall–Kier alpha value is -2.30. The number of rotatable bonds is 3. The van der Waals surface area contributed by atoms with Gasteiger partial charge in [0, 0.05) is 19.2 Å². The minimum atomic E-state index is -0.825. The van der Waals surface area contributed by atoms with Crippen LogP contribution in [0.3, 0.4) is 0 Å². The van der Waals surface area contributed by atoms with Crippen LogP contribution in [-0.4, -0.2) is 42.5 Å². The van der Waals surface area contributed by atoms with Gasteiger partial charge in [0.15, 0.2) is 0 Å². The van der Waals surface area contributed by atoms with E-state index in [2.05, 4.69) is 5.32 Å². The first-order chi connectivity index (χ1) is 9.95. The number of carbonyl (C=O) groups is 2. The van der Waals surface area contributed by atoms with Crippen molar-refractivity contribution in [3.63, 3.8) is 0 Å². The summed E-state index contributed by atoms with van der Waals surface area (Å²) in [5.41, 5.74) is 0.0515. The second-order valence-electron chi connectivity index (χ2n) is 5.41. The molecule has 0 bridgehead atoms. The number of piperazine rings is 1. The number of ether oxygens (including phenoxy) is 1. The predicted octanol–water partition coefficient (Wildman–Crippen LogP) is 1.45. The molecule has 1 aromatic carbocycles. The van der Waals surface area contributed by atoms with E-state index in [4.69, 9.17) is 4.74 Å². The van der Waals surface area contributed by atoms with E-state index in [1.807, 2.05) is 24.3 Å². The second kappa shape index (κ2) is 5.99. The average molecular weight is 288 g/mol.